The first-order valence-electron chi connectivity index (χ1n) is 23.2. The third kappa shape index (κ3) is 7.97. The number of hydrogen-bond donors (Lipinski definition) is 0. The van der Waals surface area contributed by atoms with E-state index < -0.39 is 5.41 Å². The van der Waals surface area contributed by atoms with Crippen LogP contribution in [0.1, 0.15) is 99.6 Å². The zero-order valence-electron chi connectivity index (χ0n) is 38.1. The number of aromatic nitrogens is 1. The van der Waals surface area contributed by atoms with Crippen LogP contribution in [0.2, 0.25) is 0 Å². The molecule has 8 aromatic carbocycles. The molecule has 1 spiro atoms. The fourth-order valence-corrected chi connectivity index (χ4v) is 10.2. The first-order chi connectivity index (χ1) is 31.9. The van der Waals surface area contributed by atoms with E-state index in [0.717, 1.165) is 68.4 Å². The van der Waals surface area contributed by atoms with Gasteiger partial charge in [0, 0.05) is 28.7 Å². The summed E-state index contributed by atoms with van der Waals surface area (Å²) in [5.41, 5.74) is 15.2. The summed E-state index contributed by atoms with van der Waals surface area (Å²) in [6, 6.07) is 71.0. The SMILES string of the molecule is CC.CC(=N/C(=C\C(C)c1ccccc1)c1ccccc1)n1c2ccccc2c2cc3c(cc21)C1(c2ccccc2CCc2ccccc21)c1ccccc1CC3=O.Cc1ccccc1. The number of benzene rings is 8. The van der Waals surface area contributed by atoms with Gasteiger partial charge in [0.05, 0.1) is 22.1 Å². The average molecular weight is 845 g/mol. The number of allylic oxidation sites excluding steroid dienone is 1. The van der Waals surface area contributed by atoms with Gasteiger partial charge in [-0.1, -0.05) is 214 Å². The molecule has 9 aromatic rings. The second-order valence-electron chi connectivity index (χ2n) is 17.0. The normalized spacial score (nSPS) is 14.3. The summed E-state index contributed by atoms with van der Waals surface area (Å²) in [6.07, 6.45) is 4.50. The van der Waals surface area contributed by atoms with Crippen LogP contribution in [0.4, 0.5) is 0 Å². The van der Waals surface area contributed by atoms with E-state index in [1.807, 2.05) is 32.0 Å². The molecule has 11 rings (SSSR count). The number of Topliss-reactive ketones (excluding diaryl/α,β-unsaturated/α-hetero) is 1. The lowest BCUT2D eigenvalue weighted by Gasteiger charge is -2.39. The average Bonchev–Trinajstić information content (AvgIpc) is 3.54. The highest BCUT2D eigenvalue weighted by atomic mass is 16.1. The minimum Gasteiger partial charge on any atom is -0.297 e. The van der Waals surface area contributed by atoms with Crippen LogP contribution in [0.15, 0.2) is 211 Å². The van der Waals surface area contributed by atoms with Gasteiger partial charge in [-0.15, -0.1) is 0 Å². The number of rotatable bonds is 4. The summed E-state index contributed by atoms with van der Waals surface area (Å²) >= 11 is 0. The van der Waals surface area contributed by atoms with Gasteiger partial charge >= 0.3 is 0 Å². The minimum atomic E-state index is -0.706. The molecule has 0 amide bonds. The van der Waals surface area contributed by atoms with Gasteiger partial charge in [0.1, 0.15) is 5.84 Å². The van der Waals surface area contributed by atoms with Gasteiger partial charge in [-0.05, 0) is 95.0 Å². The Bertz CT molecular complexity index is 3140. The molecule has 3 nitrogen and oxygen atoms in total. The molecule has 0 aliphatic heterocycles. The molecule has 0 radical (unpaired) electrons. The first kappa shape index (κ1) is 42.9. The monoisotopic (exact) mass is 844 g/mol. The standard InChI is InChI=1S/C53H42N2O.C7H8.C2H6/c1-35(37-17-5-3-6-18-37)31-49(40-21-7-4-8-22-40)54-36(2)55-50-28-16-12-24-42(50)43-33-44-48(34-51(43)55)53(47-27-15-11-23-41(47)32-52(44)56)45-25-13-9-19-38(45)29-30-39-20-10-14-26-46(39)53;1-7-5-3-2-4-6-7;1-2/h3-28,31,33-35H,29-30,32H2,1-2H3;2-6H,1H3;1-2H3/b49-31-,54-36?;;. The Morgan fingerprint density at radius 1 is 0.569 bits per heavy atom. The topological polar surface area (TPSA) is 34.4 Å². The van der Waals surface area contributed by atoms with E-state index in [1.54, 1.807) is 0 Å². The molecule has 1 unspecified atom stereocenters. The Balaban J connectivity index is 0.000000537. The zero-order valence-corrected chi connectivity index (χ0v) is 38.1. The Labute approximate surface area is 384 Å². The molecular weight excluding hydrogens is 789 g/mol. The summed E-state index contributed by atoms with van der Waals surface area (Å²) in [5.74, 6) is 1.16. The molecule has 0 saturated heterocycles. The van der Waals surface area contributed by atoms with Crippen molar-refractivity contribution in [3.05, 3.63) is 267 Å². The first-order valence-corrected chi connectivity index (χ1v) is 23.2. The predicted molar refractivity (Wildman–Crippen MR) is 274 cm³/mol. The summed E-state index contributed by atoms with van der Waals surface area (Å²) in [4.78, 5) is 20.3. The van der Waals surface area contributed by atoms with Crippen molar-refractivity contribution in [1.29, 1.82) is 0 Å². The van der Waals surface area contributed by atoms with Gasteiger partial charge in [0.25, 0.3) is 0 Å². The number of fused-ring (bicyclic) bond motifs is 11. The van der Waals surface area contributed by atoms with E-state index >= 15 is 0 Å². The highest BCUT2D eigenvalue weighted by Gasteiger charge is 2.47. The Hall–Kier alpha value is -7.36. The lowest BCUT2D eigenvalue weighted by Crippen LogP contribution is -2.33. The summed E-state index contributed by atoms with van der Waals surface area (Å²) in [7, 11) is 0. The molecule has 0 bridgehead atoms. The summed E-state index contributed by atoms with van der Waals surface area (Å²) in [5, 5.41) is 2.16. The van der Waals surface area contributed by atoms with Crippen molar-refractivity contribution in [2.24, 2.45) is 4.99 Å². The highest BCUT2D eigenvalue weighted by Crippen LogP contribution is 2.53. The van der Waals surface area contributed by atoms with E-state index in [4.69, 9.17) is 4.99 Å². The molecule has 320 valence electrons. The number of aryl methyl sites for hydroxylation is 3. The van der Waals surface area contributed by atoms with Gasteiger partial charge in [-0.3, -0.25) is 9.36 Å². The van der Waals surface area contributed by atoms with Gasteiger partial charge in [0.2, 0.25) is 0 Å². The van der Waals surface area contributed by atoms with Crippen molar-refractivity contribution >= 4 is 39.1 Å². The molecule has 1 heterocycles. The van der Waals surface area contributed by atoms with Crippen molar-refractivity contribution in [3.8, 4) is 0 Å². The maximum atomic E-state index is 14.8. The van der Waals surface area contributed by atoms with Crippen LogP contribution in [0.25, 0.3) is 27.5 Å². The predicted octanol–water partition coefficient (Wildman–Crippen LogP) is 15.1. The number of carbonyl (C=O) groups is 1. The van der Waals surface area contributed by atoms with Crippen molar-refractivity contribution in [2.75, 3.05) is 0 Å². The highest BCUT2D eigenvalue weighted by molar-refractivity contribution is 6.17. The van der Waals surface area contributed by atoms with Crippen molar-refractivity contribution in [1.82, 2.24) is 4.57 Å². The molecule has 2 aliphatic carbocycles. The number of aliphatic imine (C=N–C) groups is 1. The van der Waals surface area contributed by atoms with E-state index in [-0.39, 0.29) is 11.7 Å². The molecule has 0 fully saturated rings. The molecule has 2 aliphatic rings. The molecule has 65 heavy (non-hydrogen) atoms. The van der Waals surface area contributed by atoms with Crippen molar-refractivity contribution < 1.29 is 4.79 Å². The maximum Gasteiger partial charge on any atom is 0.167 e. The number of ketones is 1. The second-order valence-corrected chi connectivity index (χ2v) is 17.0. The van der Waals surface area contributed by atoms with Crippen LogP contribution in [0, 0.1) is 6.92 Å². The third-order valence-corrected chi connectivity index (χ3v) is 13.1. The van der Waals surface area contributed by atoms with Crippen LogP contribution in [-0.2, 0) is 24.7 Å². The van der Waals surface area contributed by atoms with E-state index in [9.17, 15) is 4.79 Å². The smallest absolute Gasteiger partial charge is 0.167 e. The Morgan fingerprint density at radius 2 is 1.08 bits per heavy atom. The Kier molecular flexibility index (Phi) is 12.4. The number of hydrogen-bond acceptors (Lipinski definition) is 2. The van der Waals surface area contributed by atoms with Crippen LogP contribution in [0.3, 0.4) is 0 Å². The van der Waals surface area contributed by atoms with Crippen LogP contribution >= 0.6 is 0 Å². The number of carbonyl (C=O) groups excluding carboxylic acids is 1. The zero-order chi connectivity index (χ0) is 44.9. The summed E-state index contributed by atoms with van der Waals surface area (Å²) < 4.78 is 2.32. The van der Waals surface area contributed by atoms with Crippen LogP contribution in [0.5, 0.6) is 0 Å². The lowest BCUT2D eigenvalue weighted by atomic mass is 9.62. The van der Waals surface area contributed by atoms with Gasteiger partial charge in [-0.25, -0.2) is 4.99 Å². The maximum absolute atomic E-state index is 14.8. The molecule has 1 aromatic heterocycles. The van der Waals surface area contributed by atoms with Gasteiger partial charge < -0.3 is 0 Å². The molecular formula is C62H56N2O. The van der Waals surface area contributed by atoms with E-state index in [1.165, 1.54) is 38.9 Å². The molecule has 0 N–H and O–H groups in total. The van der Waals surface area contributed by atoms with Crippen molar-refractivity contribution in [3.63, 3.8) is 0 Å². The van der Waals surface area contributed by atoms with Crippen LogP contribution in [-0.4, -0.2) is 16.2 Å². The van der Waals surface area contributed by atoms with Crippen LogP contribution < -0.4 is 0 Å². The fraction of sp³-hybridized carbons (Fsp3) is 0.161. The quantitative estimate of drug-likeness (QED) is 0.128. The largest absolute Gasteiger partial charge is 0.297 e. The Morgan fingerprint density at radius 3 is 1.68 bits per heavy atom. The molecule has 1 atom stereocenters. The minimum absolute atomic E-state index is 0.150. The third-order valence-electron chi connectivity index (χ3n) is 13.1. The van der Waals surface area contributed by atoms with Crippen molar-refractivity contribution in [2.45, 2.75) is 65.2 Å². The molecule has 0 saturated carbocycles. The van der Waals surface area contributed by atoms with Gasteiger partial charge in [0.15, 0.2) is 5.78 Å². The van der Waals surface area contributed by atoms with Gasteiger partial charge in [-0.2, -0.15) is 0 Å². The van der Waals surface area contributed by atoms with E-state index in [2.05, 4.69) is 213 Å². The fourth-order valence-electron chi connectivity index (χ4n) is 10.2. The number of nitrogens with zero attached hydrogens (tertiary/aromatic N) is 2. The number of para-hydroxylation sites is 1. The second kappa shape index (κ2) is 18.8. The molecule has 3 heteroatoms. The van der Waals surface area contributed by atoms with E-state index in [0.29, 0.717) is 6.42 Å². The summed E-state index contributed by atoms with van der Waals surface area (Å²) in [6.45, 7) is 10.4. The lowest BCUT2D eigenvalue weighted by molar-refractivity contribution is 0.0993.